The number of nitrogens with zero attached hydrogens (tertiary/aromatic N) is 1. The molecule has 1 rings (SSSR count). The van der Waals surface area contributed by atoms with Crippen LogP contribution in [0.2, 0.25) is 0 Å². The Labute approximate surface area is 109 Å². The summed E-state index contributed by atoms with van der Waals surface area (Å²) in [7, 11) is -4.06. The molecule has 0 saturated heterocycles. The summed E-state index contributed by atoms with van der Waals surface area (Å²) in [6, 6.07) is 0.696. The Balaban J connectivity index is 3.34. The van der Waals surface area contributed by atoms with Crippen LogP contribution in [0.1, 0.15) is 12.5 Å². The Hall–Kier alpha value is -1.58. The van der Waals surface area contributed by atoms with Crippen molar-refractivity contribution in [2.24, 2.45) is 0 Å². The van der Waals surface area contributed by atoms with Crippen LogP contribution in [-0.4, -0.2) is 31.1 Å². The fourth-order valence-electron chi connectivity index (χ4n) is 1.44. The lowest BCUT2D eigenvalue weighted by molar-refractivity contribution is -0.387. The molecule has 19 heavy (non-hydrogen) atoms. The van der Waals surface area contributed by atoms with E-state index in [4.69, 9.17) is 5.11 Å². The predicted octanol–water partition coefficient (Wildman–Crippen LogP) is 0.701. The standard InChI is InChI=1S/C10H13FN2O5S/c1-6-3-8(11)9(13(15)16)4-10(6)19(17,18)12-7(2)5-14/h3-4,7,12,14H,5H2,1-2H3/t7-/m0/s1. The minimum atomic E-state index is -4.06. The molecule has 0 fully saturated rings. The lowest BCUT2D eigenvalue weighted by Crippen LogP contribution is -2.35. The molecule has 0 unspecified atom stereocenters. The zero-order valence-corrected chi connectivity index (χ0v) is 11.1. The second-order valence-electron chi connectivity index (χ2n) is 4.03. The number of nitro groups is 1. The molecule has 0 aliphatic rings. The number of benzene rings is 1. The van der Waals surface area contributed by atoms with Crippen LogP contribution in [0.4, 0.5) is 10.1 Å². The summed E-state index contributed by atoms with van der Waals surface area (Å²) in [6.45, 7) is 2.32. The van der Waals surface area contributed by atoms with Crippen molar-refractivity contribution in [3.8, 4) is 0 Å². The number of aliphatic hydroxyl groups excluding tert-OH is 1. The number of aryl methyl sites for hydroxylation is 1. The Morgan fingerprint density at radius 1 is 1.53 bits per heavy atom. The highest BCUT2D eigenvalue weighted by atomic mass is 32.2. The van der Waals surface area contributed by atoms with E-state index in [-0.39, 0.29) is 10.5 Å². The van der Waals surface area contributed by atoms with Crippen molar-refractivity contribution in [2.75, 3.05) is 6.61 Å². The number of sulfonamides is 1. The third-order valence-electron chi connectivity index (χ3n) is 2.36. The first-order valence-electron chi connectivity index (χ1n) is 5.26. The number of halogens is 1. The van der Waals surface area contributed by atoms with Gasteiger partial charge in [0.05, 0.1) is 16.4 Å². The molecule has 1 aromatic rings. The molecule has 1 atom stereocenters. The summed E-state index contributed by atoms with van der Waals surface area (Å²) in [6.07, 6.45) is 0. The lowest BCUT2D eigenvalue weighted by Gasteiger charge is -2.13. The third-order valence-corrected chi connectivity index (χ3v) is 4.09. The molecule has 1 aromatic carbocycles. The van der Waals surface area contributed by atoms with E-state index in [1.54, 1.807) is 0 Å². The van der Waals surface area contributed by atoms with Gasteiger partial charge in [-0.2, -0.15) is 4.39 Å². The summed E-state index contributed by atoms with van der Waals surface area (Å²) in [5.41, 5.74) is -0.872. The Kier molecular flexibility index (Phi) is 4.56. The lowest BCUT2D eigenvalue weighted by atomic mass is 10.2. The molecular formula is C10H13FN2O5S. The van der Waals surface area contributed by atoms with Crippen molar-refractivity contribution in [1.82, 2.24) is 4.72 Å². The molecule has 9 heteroatoms. The minimum Gasteiger partial charge on any atom is -0.395 e. The average molecular weight is 292 g/mol. The second-order valence-corrected chi connectivity index (χ2v) is 5.71. The third kappa shape index (κ3) is 3.46. The topological polar surface area (TPSA) is 110 Å². The fourth-order valence-corrected chi connectivity index (χ4v) is 2.92. The minimum absolute atomic E-state index is 0.0424. The zero-order valence-electron chi connectivity index (χ0n) is 10.3. The van der Waals surface area contributed by atoms with E-state index in [2.05, 4.69) is 4.72 Å². The first kappa shape index (κ1) is 15.5. The van der Waals surface area contributed by atoms with E-state index in [0.717, 1.165) is 6.07 Å². The molecule has 0 bridgehead atoms. The number of nitro benzene ring substituents is 1. The van der Waals surface area contributed by atoms with Crippen molar-refractivity contribution in [3.63, 3.8) is 0 Å². The number of aliphatic hydroxyl groups is 1. The molecule has 0 radical (unpaired) electrons. The molecule has 0 spiro atoms. The van der Waals surface area contributed by atoms with E-state index in [9.17, 15) is 22.9 Å². The average Bonchev–Trinajstić information content (AvgIpc) is 2.27. The van der Waals surface area contributed by atoms with Gasteiger partial charge in [0.1, 0.15) is 0 Å². The van der Waals surface area contributed by atoms with Crippen LogP contribution in [0.5, 0.6) is 0 Å². The normalized spacial score (nSPS) is 13.3. The number of rotatable bonds is 5. The highest BCUT2D eigenvalue weighted by molar-refractivity contribution is 7.89. The first-order chi connectivity index (χ1) is 8.69. The monoisotopic (exact) mass is 292 g/mol. The van der Waals surface area contributed by atoms with Crippen LogP contribution in [0.3, 0.4) is 0 Å². The highest BCUT2D eigenvalue weighted by Gasteiger charge is 2.25. The van der Waals surface area contributed by atoms with Crippen LogP contribution in [0.15, 0.2) is 17.0 Å². The van der Waals surface area contributed by atoms with Crippen molar-refractivity contribution < 1.29 is 22.8 Å². The van der Waals surface area contributed by atoms with E-state index in [0.29, 0.717) is 6.07 Å². The number of hydrogen-bond acceptors (Lipinski definition) is 5. The summed E-state index contributed by atoms with van der Waals surface area (Å²) in [4.78, 5) is 9.22. The molecule has 0 aliphatic carbocycles. The Morgan fingerprint density at radius 2 is 2.11 bits per heavy atom. The van der Waals surface area contributed by atoms with Crippen LogP contribution < -0.4 is 4.72 Å². The van der Waals surface area contributed by atoms with E-state index < -0.39 is 39.1 Å². The van der Waals surface area contributed by atoms with Crippen LogP contribution in [-0.2, 0) is 10.0 Å². The van der Waals surface area contributed by atoms with Crippen LogP contribution in [0.25, 0.3) is 0 Å². The van der Waals surface area contributed by atoms with Gasteiger partial charge in [0.15, 0.2) is 0 Å². The maximum atomic E-state index is 13.3. The maximum absolute atomic E-state index is 13.3. The molecule has 7 nitrogen and oxygen atoms in total. The van der Waals surface area contributed by atoms with Crippen LogP contribution in [0, 0.1) is 22.9 Å². The van der Waals surface area contributed by atoms with Gasteiger partial charge in [-0.05, 0) is 25.5 Å². The quantitative estimate of drug-likeness (QED) is 0.613. The van der Waals surface area contributed by atoms with E-state index >= 15 is 0 Å². The van der Waals surface area contributed by atoms with Crippen molar-refractivity contribution in [2.45, 2.75) is 24.8 Å². The predicted molar refractivity (Wildman–Crippen MR) is 64.7 cm³/mol. The van der Waals surface area contributed by atoms with Gasteiger partial charge < -0.3 is 5.11 Å². The highest BCUT2D eigenvalue weighted by Crippen LogP contribution is 2.25. The SMILES string of the molecule is Cc1cc(F)c([N+](=O)[O-])cc1S(=O)(=O)N[C@@H](C)CO. The maximum Gasteiger partial charge on any atom is 0.306 e. The summed E-state index contributed by atoms with van der Waals surface area (Å²) in [5, 5.41) is 19.4. The summed E-state index contributed by atoms with van der Waals surface area (Å²) >= 11 is 0. The second kappa shape index (κ2) is 5.59. The summed E-state index contributed by atoms with van der Waals surface area (Å²) < 4.78 is 39.3. The molecule has 0 aromatic heterocycles. The van der Waals surface area contributed by atoms with Gasteiger partial charge in [0.25, 0.3) is 0 Å². The van der Waals surface area contributed by atoms with Gasteiger partial charge in [-0.25, -0.2) is 13.1 Å². The van der Waals surface area contributed by atoms with Crippen LogP contribution >= 0.6 is 0 Å². The summed E-state index contributed by atoms with van der Waals surface area (Å²) in [5.74, 6) is -1.10. The van der Waals surface area contributed by atoms with E-state index in [1.165, 1.54) is 13.8 Å². The molecule has 0 saturated carbocycles. The molecule has 0 aliphatic heterocycles. The largest absolute Gasteiger partial charge is 0.395 e. The molecule has 0 heterocycles. The fraction of sp³-hybridized carbons (Fsp3) is 0.400. The van der Waals surface area contributed by atoms with E-state index in [1.807, 2.05) is 0 Å². The van der Waals surface area contributed by atoms with Crippen molar-refractivity contribution in [3.05, 3.63) is 33.6 Å². The van der Waals surface area contributed by atoms with Gasteiger partial charge in [-0.3, -0.25) is 10.1 Å². The molecule has 0 amide bonds. The smallest absolute Gasteiger partial charge is 0.306 e. The Morgan fingerprint density at radius 3 is 2.58 bits per heavy atom. The molecule has 106 valence electrons. The zero-order chi connectivity index (χ0) is 14.8. The first-order valence-corrected chi connectivity index (χ1v) is 6.75. The van der Waals surface area contributed by atoms with Gasteiger partial charge in [-0.1, -0.05) is 0 Å². The number of hydrogen-bond donors (Lipinski definition) is 2. The van der Waals surface area contributed by atoms with Gasteiger partial charge in [-0.15, -0.1) is 0 Å². The molecule has 2 N–H and O–H groups in total. The van der Waals surface area contributed by atoms with Crippen molar-refractivity contribution >= 4 is 15.7 Å². The van der Waals surface area contributed by atoms with Gasteiger partial charge in [0.2, 0.25) is 15.8 Å². The van der Waals surface area contributed by atoms with Gasteiger partial charge >= 0.3 is 5.69 Å². The van der Waals surface area contributed by atoms with Crippen molar-refractivity contribution in [1.29, 1.82) is 0 Å². The Bertz CT molecular complexity index is 602. The number of nitrogens with one attached hydrogen (secondary N) is 1. The van der Waals surface area contributed by atoms with Gasteiger partial charge in [0, 0.05) is 12.1 Å². The molecular weight excluding hydrogens is 279 g/mol.